The molecule has 1 aliphatic heterocycles. The third kappa shape index (κ3) is 3.81. The first-order valence-corrected chi connectivity index (χ1v) is 10.9. The van der Waals surface area contributed by atoms with Gasteiger partial charge in [0.15, 0.2) is 0 Å². The van der Waals surface area contributed by atoms with Gasteiger partial charge in [-0.1, -0.05) is 23.2 Å². The van der Waals surface area contributed by atoms with E-state index in [0.717, 1.165) is 60.2 Å². The first kappa shape index (κ1) is 19.8. The second kappa shape index (κ2) is 8.19. The molecule has 0 unspecified atom stereocenters. The van der Waals surface area contributed by atoms with Gasteiger partial charge in [-0.2, -0.15) is 5.10 Å². The summed E-state index contributed by atoms with van der Waals surface area (Å²) < 4.78 is 8.28. The van der Waals surface area contributed by atoms with E-state index in [-0.39, 0.29) is 12.1 Å². The van der Waals surface area contributed by atoms with Gasteiger partial charge in [-0.25, -0.2) is 9.67 Å². The number of hydrogen-bond acceptors (Lipinski definition) is 5. The van der Waals surface area contributed by atoms with Gasteiger partial charge in [0.1, 0.15) is 24.5 Å². The van der Waals surface area contributed by atoms with E-state index >= 15 is 0 Å². The summed E-state index contributed by atoms with van der Waals surface area (Å²) >= 11 is 12.9. The lowest BCUT2D eigenvalue weighted by atomic mass is 10.1. The molecule has 1 aliphatic carbocycles. The highest BCUT2D eigenvalue weighted by Gasteiger charge is 2.40. The third-order valence-corrected chi connectivity index (χ3v) is 6.61. The van der Waals surface area contributed by atoms with Crippen LogP contribution in [0.3, 0.4) is 0 Å². The number of benzene rings is 2. The van der Waals surface area contributed by atoms with Crippen LogP contribution in [-0.4, -0.2) is 63.8 Å². The molecule has 2 aliphatic rings. The number of aromatic nitrogens is 3. The second-order valence-corrected chi connectivity index (χ2v) is 8.78. The summed E-state index contributed by atoms with van der Waals surface area (Å²) in [6.45, 7) is 4.15. The van der Waals surface area contributed by atoms with Gasteiger partial charge in [0.2, 0.25) is 0 Å². The highest BCUT2D eigenvalue weighted by atomic mass is 35.5. The van der Waals surface area contributed by atoms with Crippen molar-refractivity contribution in [2.24, 2.45) is 0 Å². The van der Waals surface area contributed by atoms with E-state index in [1.54, 1.807) is 11.0 Å². The fourth-order valence-corrected chi connectivity index (χ4v) is 4.98. The first-order valence-electron chi connectivity index (χ1n) is 10.1. The Morgan fingerprint density at radius 3 is 2.50 bits per heavy atom. The quantitative estimate of drug-likeness (QED) is 0.612. The van der Waals surface area contributed by atoms with Crippen molar-refractivity contribution in [3.63, 3.8) is 0 Å². The number of ether oxygens (including phenoxy) is 1. The molecule has 1 saturated heterocycles. The lowest BCUT2D eigenvalue weighted by molar-refractivity contribution is 0.0454. The van der Waals surface area contributed by atoms with Crippen LogP contribution in [0.25, 0.3) is 5.69 Å². The Morgan fingerprint density at radius 2 is 1.80 bits per heavy atom. The minimum Gasteiger partial charge on any atom is -0.484 e. The number of hydrogen-bond donors (Lipinski definition) is 0. The van der Waals surface area contributed by atoms with Gasteiger partial charge in [0.05, 0.1) is 11.7 Å². The van der Waals surface area contributed by atoms with E-state index in [4.69, 9.17) is 27.9 Å². The minimum atomic E-state index is -0.114. The van der Waals surface area contributed by atoms with Crippen LogP contribution in [-0.2, 0) is 6.42 Å². The van der Waals surface area contributed by atoms with Crippen LogP contribution in [0.15, 0.2) is 49.1 Å². The molecule has 8 heteroatoms. The maximum atomic E-state index is 6.57. The first-order chi connectivity index (χ1) is 14.6. The molecule has 2 aromatic carbocycles. The molecule has 1 fully saturated rings. The van der Waals surface area contributed by atoms with Crippen LogP contribution in [0.2, 0.25) is 10.0 Å². The van der Waals surface area contributed by atoms with E-state index in [9.17, 15) is 0 Å². The Morgan fingerprint density at radius 1 is 1.03 bits per heavy atom. The van der Waals surface area contributed by atoms with Crippen LogP contribution >= 0.6 is 23.2 Å². The SMILES string of the molecule is CN1CCN([C@H]2Cc3c(Cl)cc(Cl)cc3[C@H]2Oc2ccc(-n3cncn3)cc2)CC1. The van der Waals surface area contributed by atoms with Crippen molar-refractivity contribution in [2.75, 3.05) is 33.2 Å². The maximum absolute atomic E-state index is 6.57. The summed E-state index contributed by atoms with van der Waals surface area (Å²) in [5.41, 5.74) is 3.18. The van der Waals surface area contributed by atoms with Crippen molar-refractivity contribution >= 4 is 23.2 Å². The average Bonchev–Trinajstić information content (AvgIpc) is 3.39. The number of piperazine rings is 1. The van der Waals surface area contributed by atoms with Gasteiger partial charge in [-0.15, -0.1) is 0 Å². The number of nitrogens with zero attached hydrogens (tertiary/aromatic N) is 5. The zero-order valence-electron chi connectivity index (χ0n) is 16.7. The van der Waals surface area contributed by atoms with E-state index < -0.39 is 0 Å². The summed E-state index contributed by atoms with van der Waals surface area (Å²) in [5, 5.41) is 5.55. The van der Waals surface area contributed by atoms with Gasteiger partial charge in [-0.05, 0) is 55.4 Å². The molecule has 156 valence electrons. The Bertz CT molecular complexity index is 1020. The van der Waals surface area contributed by atoms with Gasteiger partial charge in [0.25, 0.3) is 0 Å². The standard InChI is InChI=1S/C22H23Cl2N5O/c1-27-6-8-28(9-7-27)21-12-18-19(10-15(23)11-20(18)24)22(21)30-17-4-2-16(3-5-17)29-14-25-13-26-29/h2-5,10-11,13-14,21-22H,6-9,12H2,1H3/t21-,22+/m0/s1. The van der Waals surface area contributed by atoms with Gasteiger partial charge >= 0.3 is 0 Å². The van der Waals surface area contributed by atoms with E-state index in [2.05, 4.69) is 26.9 Å². The molecule has 6 nitrogen and oxygen atoms in total. The predicted molar refractivity (Wildman–Crippen MR) is 118 cm³/mol. The molecular formula is C22H23Cl2N5O. The fourth-order valence-electron chi connectivity index (χ4n) is 4.40. The maximum Gasteiger partial charge on any atom is 0.140 e. The summed E-state index contributed by atoms with van der Waals surface area (Å²) in [6.07, 6.45) is 3.96. The van der Waals surface area contributed by atoms with Crippen molar-refractivity contribution in [1.82, 2.24) is 24.6 Å². The number of fused-ring (bicyclic) bond motifs is 1. The zero-order chi connectivity index (χ0) is 20.7. The molecule has 3 aromatic rings. The van der Waals surface area contributed by atoms with Crippen LogP contribution < -0.4 is 4.74 Å². The predicted octanol–water partition coefficient (Wildman–Crippen LogP) is 3.87. The Hall–Kier alpha value is -2.12. The Labute approximate surface area is 186 Å². The topological polar surface area (TPSA) is 46.4 Å². The monoisotopic (exact) mass is 443 g/mol. The zero-order valence-corrected chi connectivity index (χ0v) is 18.2. The molecule has 0 bridgehead atoms. The minimum absolute atomic E-state index is 0.114. The molecule has 2 heterocycles. The third-order valence-electron chi connectivity index (χ3n) is 6.05. The number of rotatable bonds is 4. The van der Waals surface area contributed by atoms with Crippen molar-refractivity contribution in [3.05, 3.63) is 70.2 Å². The van der Waals surface area contributed by atoms with Crippen molar-refractivity contribution < 1.29 is 4.74 Å². The lowest BCUT2D eigenvalue weighted by Gasteiger charge is -2.38. The van der Waals surface area contributed by atoms with Crippen LogP contribution in [0.4, 0.5) is 0 Å². The number of halogens is 2. The fraction of sp³-hybridized carbons (Fsp3) is 0.364. The molecular weight excluding hydrogens is 421 g/mol. The van der Waals surface area contributed by atoms with Gasteiger partial charge in [-0.3, -0.25) is 4.90 Å². The highest BCUT2D eigenvalue weighted by molar-refractivity contribution is 6.35. The van der Waals surface area contributed by atoms with Crippen LogP contribution in [0.1, 0.15) is 17.2 Å². The molecule has 0 saturated carbocycles. The molecule has 30 heavy (non-hydrogen) atoms. The molecule has 0 N–H and O–H groups in total. The summed E-state index contributed by atoms with van der Waals surface area (Å²) in [5.74, 6) is 0.812. The average molecular weight is 444 g/mol. The molecule has 1 aromatic heterocycles. The Balaban J connectivity index is 1.44. The highest BCUT2D eigenvalue weighted by Crippen LogP contribution is 2.42. The smallest absolute Gasteiger partial charge is 0.140 e. The lowest BCUT2D eigenvalue weighted by Crippen LogP contribution is -2.50. The van der Waals surface area contributed by atoms with E-state index in [0.29, 0.717) is 5.02 Å². The van der Waals surface area contributed by atoms with E-state index in [1.807, 2.05) is 36.4 Å². The van der Waals surface area contributed by atoms with E-state index in [1.165, 1.54) is 6.33 Å². The largest absolute Gasteiger partial charge is 0.484 e. The van der Waals surface area contributed by atoms with Crippen molar-refractivity contribution in [1.29, 1.82) is 0 Å². The number of likely N-dealkylation sites (N-methyl/N-ethyl adjacent to an activating group) is 1. The molecule has 0 spiro atoms. The molecule has 0 radical (unpaired) electrons. The summed E-state index contributed by atoms with van der Waals surface area (Å²) in [4.78, 5) is 8.89. The van der Waals surface area contributed by atoms with Gasteiger partial charge < -0.3 is 9.64 Å². The second-order valence-electron chi connectivity index (χ2n) is 7.94. The van der Waals surface area contributed by atoms with Crippen LogP contribution in [0, 0.1) is 0 Å². The summed E-state index contributed by atoms with van der Waals surface area (Å²) in [7, 11) is 2.17. The molecule has 0 amide bonds. The van der Waals surface area contributed by atoms with Gasteiger partial charge in [0, 0.05) is 41.8 Å². The van der Waals surface area contributed by atoms with Crippen molar-refractivity contribution in [3.8, 4) is 11.4 Å². The molecule has 2 atom stereocenters. The normalized spacial score (nSPS) is 22.2. The Kier molecular flexibility index (Phi) is 5.41. The van der Waals surface area contributed by atoms with Crippen LogP contribution in [0.5, 0.6) is 5.75 Å². The summed E-state index contributed by atoms with van der Waals surface area (Å²) in [6, 6.07) is 12.0. The van der Waals surface area contributed by atoms with Crippen molar-refractivity contribution in [2.45, 2.75) is 18.6 Å². The molecule has 5 rings (SSSR count).